The fourth-order valence-corrected chi connectivity index (χ4v) is 4.92. The molecule has 10 nitrogen and oxygen atoms in total. The lowest BCUT2D eigenvalue weighted by atomic mass is 9.84. The fraction of sp³-hybridized carbons (Fsp3) is 0.595. The lowest BCUT2D eigenvalue weighted by Crippen LogP contribution is -2.37. The van der Waals surface area contributed by atoms with Crippen LogP contribution < -0.4 is 10.6 Å². The number of aliphatic imine (C=N–C) groups is 2. The van der Waals surface area contributed by atoms with Crippen molar-refractivity contribution in [3.63, 3.8) is 0 Å². The molecule has 0 aliphatic carbocycles. The third kappa shape index (κ3) is 14.1. The van der Waals surface area contributed by atoms with Crippen LogP contribution in [0, 0.1) is 5.41 Å². The van der Waals surface area contributed by atoms with E-state index in [4.69, 9.17) is 15.3 Å². The van der Waals surface area contributed by atoms with E-state index in [1.807, 2.05) is 24.3 Å². The number of aliphatic carboxylic acids is 1. The van der Waals surface area contributed by atoms with Crippen molar-refractivity contribution in [1.82, 2.24) is 10.6 Å². The van der Waals surface area contributed by atoms with Crippen LogP contribution in [0.3, 0.4) is 0 Å². The average molecular weight is 655 g/mol. The van der Waals surface area contributed by atoms with Crippen molar-refractivity contribution in [1.29, 1.82) is 0 Å². The Morgan fingerprint density at radius 3 is 1.55 bits per heavy atom. The van der Waals surface area contributed by atoms with E-state index in [1.165, 1.54) is 0 Å². The van der Waals surface area contributed by atoms with Crippen LogP contribution in [0.4, 0.5) is 0 Å². The number of nitrogens with one attached hydrogen (secondary N) is 2. The van der Waals surface area contributed by atoms with Gasteiger partial charge in [0.05, 0.1) is 0 Å². The van der Waals surface area contributed by atoms with E-state index in [9.17, 15) is 15.0 Å². The normalized spacial score (nSPS) is 13.0. The van der Waals surface area contributed by atoms with Gasteiger partial charge in [0.1, 0.15) is 11.5 Å². The Hall–Kier alpha value is -3.31. The number of hydrogen-bond acceptors (Lipinski definition) is 9. The Bertz CT molecular complexity index is 1370. The number of aromatic hydroxyl groups is 2. The van der Waals surface area contributed by atoms with Gasteiger partial charge in [-0.2, -0.15) is 0 Å². The Morgan fingerprint density at radius 2 is 1.17 bits per heavy atom. The summed E-state index contributed by atoms with van der Waals surface area (Å²) in [4.78, 5) is 19.5. The summed E-state index contributed by atoms with van der Waals surface area (Å²) in [7, 11) is 0. The minimum atomic E-state index is -1.34. The minimum absolute atomic E-state index is 0.0608. The smallest absolute Gasteiger partial charge is 0.303 e. The number of nitrogens with zero attached hydrogens (tertiary/aromatic N) is 2. The number of aliphatic hydroxyl groups excluding tert-OH is 1. The second-order valence-corrected chi connectivity index (χ2v) is 15.2. The van der Waals surface area contributed by atoms with Crippen LogP contribution in [-0.2, 0) is 28.7 Å². The maximum Gasteiger partial charge on any atom is 0.303 e. The largest absolute Gasteiger partial charge is 0.507 e. The quantitative estimate of drug-likeness (QED) is 0.0638. The highest BCUT2D eigenvalue weighted by Gasteiger charge is 2.22. The van der Waals surface area contributed by atoms with Crippen LogP contribution in [0.1, 0.15) is 114 Å². The number of hydrogen-bond donors (Lipinski definition) is 7. The van der Waals surface area contributed by atoms with Crippen LogP contribution >= 0.6 is 0 Å². The zero-order chi connectivity index (χ0) is 35.4. The van der Waals surface area contributed by atoms with Gasteiger partial charge in [-0.15, -0.1) is 0 Å². The second-order valence-electron chi connectivity index (χ2n) is 15.2. The summed E-state index contributed by atoms with van der Waals surface area (Å²) in [6.45, 7) is 20.2. The molecule has 0 amide bonds. The summed E-state index contributed by atoms with van der Waals surface area (Å²) in [5.74, 6) is -0.493. The summed E-state index contributed by atoms with van der Waals surface area (Å²) < 4.78 is 0. The molecule has 0 aromatic heterocycles. The van der Waals surface area contributed by atoms with Crippen LogP contribution in [0.15, 0.2) is 34.3 Å². The highest BCUT2D eigenvalue weighted by molar-refractivity contribution is 5.85. The van der Waals surface area contributed by atoms with Crippen LogP contribution in [-0.4, -0.2) is 76.4 Å². The summed E-state index contributed by atoms with van der Waals surface area (Å²) in [6, 6.07) is 7.96. The van der Waals surface area contributed by atoms with E-state index in [1.54, 1.807) is 12.4 Å². The lowest BCUT2D eigenvalue weighted by Gasteiger charge is -2.27. The van der Waals surface area contributed by atoms with Gasteiger partial charge < -0.3 is 36.2 Å². The first-order valence-corrected chi connectivity index (χ1v) is 16.5. The number of carbonyl (C=O) groups is 1. The van der Waals surface area contributed by atoms with Gasteiger partial charge in [-0.05, 0) is 58.8 Å². The summed E-state index contributed by atoms with van der Waals surface area (Å²) >= 11 is 0. The predicted molar refractivity (Wildman–Crippen MR) is 190 cm³/mol. The van der Waals surface area contributed by atoms with E-state index < -0.39 is 12.3 Å². The Balaban J connectivity index is 2.08. The molecule has 0 aliphatic heterocycles. The van der Waals surface area contributed by atoms with Gasteiger partial charge in [0.15, 0.2) is 6.29 Å². The van der Waals surface area contributed by atoms with E-state index >= 15 is 0 Å². The molecule has 0 spiro atoms. The average Bonchev–Trinajstić information content (AvgIpc) is 2.94. The number of carboxylic acid groups (broad SMARTS) is 1. The number of carboxylic acids is 1. The van der Waals surface area contributed by atoms with Crippen molar-refractivity contribution in [2.45, 2.75) is 111 Å². The van der Waals surface area contributed by atoms with Crippen molar-refractivity contribution in [3.8, 4) is 11.5 Å². The van der Waals surface area contributed by atoms with Crippen molar-refractivity contribution in [2.75, 3.05) is 26.2 Å². The van der Waals surface area contributed by atoms with Crippen LogP contribution in [0.5, 0.6) is 11.5 Å². The standard InChI is InChI=1S/C37H58N4O6/c1-35(2,3)29-15-25(19-38-13-9-11-31(42)43)33(46)27(17-29)21-40-23-37(7,8)24-41-22-28-18-30(36(4,5)6)16-26(34(28)47)20-39-14-10-12-32(44)45/h15-20,31,40-43,46-47H,9-14,21-24H2,1-8H3,(H,44,45). The van der Waals surface area contributed by atoms with Gasteiger partial charge in [-0.3, -0.25) is 14.8 Å². The SMILES string of the molecule is CC(C)(CNCc1cc(C(C)(C)C)cc(C=NCCCC(=O)O)c1O)CNCc1cc(C(C)(C)C)cc(C=NCCCC(O)O)c1O. The molecule has 0 heterocycles. The van der Waals surface area contributed by atoms with Gasteiger partial charge in [0.25, 0.3) is 0 Å². The molecule has 0 aliphatic rings. The van der Waals surface area contributed by atoms with Gasteiger partial charge in [-0.1, -0.05) is 67.5 Å². The molecule has 0 fully saturated rings. The maximum atomic E-state index is 11.1. The number of phenolic OH excluding ortho intramolecular Hbond substituents is 2. The van der Waals surface area contributed by atoms with Gasteiger partial charge in [0, 0.05) is 80.4 Å². The Labute approximate surface area is 281 Å². The molecule has 2 aromatic rings. The molecule has 0 saturated heterocycles. The topological polar surface area (TPSA) is 167 Å². The monoisotopic (exact) mass is 654 g/mol. The molecule has 0 radical (unpaired) electrons. The van der Waals surface area contributed by atoms with Crippen molar-refractivity contribution in [2.24, 2.45) is 15.4 Å². The molecule has 0 atom stereocenters. The highest BCUT2D eigenvalue weighted by Crippen LogP contribution is 2.32. The van der Waals surface area contributed by atoms with Gasteiger partial charge in [0.2, 0.25) is 0 Å². The summed E-state index contributed by atoms with van der Waals surface area (Å²) in [5, 5.41) is 56.1. The second kappa shape index (κ2) is 17.7. The Kier molecular flexibility index (Phi) is 15.0. The zero-order valence-corrected chi connectivity index (χ0v) is 29.7. The molecular weight excluding hydrogens is 596 g/mol. The molecule has 10 heteroatoms. The molecular formula is C37H58N4O6. The summed E-state index contributed by atoms with van der Waals surface area (Å²) in [5.41, 5.74) is 4.57. The van der Waals surface area contributed by atoms with Crippen LogP contribution in [0.2, 0.25) is 0 Å². The predicted octanol–water partition coefficient (Wildman–Crippen LogP) is 5.39. The van der Waals surface area contributed by atoms with E-state index in [0.29, 0.717) is 63.2 Å². The fourth-order valence-electron chi connectivity index (χ4n) is 4.92. The van der Waals surface area contributed by atoms with Gasteiger partial charge in [-0.25, -0.2) is 0 Å². The first-order valence-electron chi connectivity index (χ1n) is 16.5. The molecule has 262 valence electrons. The lowest BCUT2D eigenvalue weighted by molar-refractivity contribution is -0.137. The summed E-state index contributed by atoms with van der Waals surface area (Å²) in [6.07, 6.45) is 3.25. The molecule has 2 rings (SSSR count). The third-order valence-corrected chi connectivity index (χ3v) is 7.89. The molecule has 47 heavy (non-hydrogen) atoms. The zero-order valence-electron chi connectivity index (χ0n) is 29.7. The number of aliphatic hydroxyl groups is 2. The maximum absolute atomic E-state index is 11.1. The molecule has 2 aromatic carbocycles. The number of phenols is 2. The van der Waals surface area contributed by atoms with Crippen molar-refractivity contribution < 1.29 is 30.3 Å². The number of rotatable bonds is 18. The van der Waals surface area contributed by atoms with E-state index in [-0.39, 0.29) is 40.6 Å². The molecule has 0 unspecified atom stereocenters. The highest BCUT2D eigenvalue weighted by atomic mass is 16.5. The first-order chi connectivity index (χ1) is 21.8. The number of benzene rings is 2. The van der Waals surface area contributed by atoms with Gasteiger partial charge >= 0.3 is 5.97 Å². The minimum Gasteiger partial charge on any atom is -0.507 e. The van der Waals surface area contributed by atoms with E-state index in [2.05, 4.69) is 76.0 Å². The van der Waals surface area contributed by atoms with Crippen LogP contribution in [0.25, 0.3) is 0 Å². The van der Waals surface area contributed by atoms with E-state index in [0.717, 1.165) is 22.3 Å². The molecule has 0 saturated carbocycles. The van der Waals surface area contributed by atoms with Crippen molar-refractivity contribution >= 4 is 18.4 Å². The first kappa shape index (κ1) is 39.9. The van der Waals surface area contributed by atoms with Crippen molar-refractivity contribution in [3.05, 3.63) is 57.6 Å². The third-order valence-electron chi connectivity index (χ3n) is 7.89. The molecule has 7 N–H and O–H groups in total. The Morgan fingerprint density at radius 1 is 0.745 bits per heavy atom. The molecule has 0 bridgehead atoms.